The van der Waals surface area contributed by atoms with Gasteiger partial charge in [-0.05, 0) is 30.3 Å². The fourth-order valence-electron chi connectivity index (χ4n) is 3.26. The van der Waals surface area contributed by atoms with Crippen molar-refractivity contribution < 1.29 is 19.0 Å². The van der Waals surface area contributed by atoms with Crippen molar-refractivity contribution in [1.82, 2.24) is 0 Å². The van der Waals surface area contributed by atoms with Crippen LogP contribution in [0.2, 0.25) is 10.0 Å². The SMILES string of the molecule is O=C(C[NH+]1CC[NH+](Cc2cccc(Cl)c2)CC1)Nc1ccc(Cl)cc1F. The summed E-state index contributed by atoms with van der Waals surface area (Å²) in [5, 5.41) is 3.70. The molecule has 26 heavy (non-hydrogen) atoms. The molecular weight excluding hydrogens is 376 g/mol. The lowest BCUT2D eigenvalue weighted by Crippen LogP contribution is -3.28. The van der Waals surface area contributed by atoms with Crippen LogP contribution in [-0.2, 0) is 11.3 Å². The number of amides is 1. The Labute approximate surface area is 162 Å². The van der Waals surface area contributed by atoms with E-state index in [9.17, 15) is 9.18 Å². The van der Waals surface area contributed by atoms with Gasteiger partial charge in [0.2, 0.25) is 0 Å². The third kappa shape index (κ3) is 5.42. The third-order valence-corrected chi connectivity index (χ3v) is 5.09. The molecule has 1 fully saturated rings. The number of benzene rings is 2. The van der Waals surface area contributed by atoms with Gasteiger partial charge in [0.05, 0.1) is 5.69 Å². The number of hydrogen-bond acceptors (Lipinski definition) is 1. The lowest BCUT2D eigenvalue weighted by atomic mass is 10.2. The number of anilines is 1. The highest BCUT2D eigenvalue weighted by atomic mass is 35.5. The molecular formula is C19H22Cl2FN3O+2. The number of nitrogens with one attached hydrogen (secondary N) is 3. The van der Waals surface area contributed by atoms with Crippen LogP contribution >= 0.6 is 23.2 Å². The summed E-state index contributed by atoms with van der Waals surface area (Å²) in [6.45, 7) is 5.08. The molecule has 1 aliphatic rings. The molecule has 0 atom stereocenters. The van der Waals surface area contributed by atoms with Gasteiger partial charge in [0.15, 0.2) is 6.54 Å². The molecule has 0 aromatic heterocycles. The summed E-state index contributed by atoms with van der Waals surface area (Å²) in [4.78, 5) is 14.9. The molecule has 0 spiro atoms. The molecule has 0 aliphatic carbocycles. The molecule has 1 amide bonds. The normalized spacial score (nSPS) is 20.0. The first-order valence-corrected chi connectivity index (χ1v) is 9.41. The molecule has 3 N–H and O–H groups in total. The summed E-state index contributed by atoms with van der Waals surface area (Å²) in [6.07, 6.45) is 0. The second kappa shape index (κ2) is 8.82. The number of rotatable bonds is 5. The van der Waals surface area contributed by atoms with Crippen LogP contribution in [0.15, 0.2) is 42.5 Å². The van der Waals surface area contributed by atoms with E-state index in [2.05, 4.69) is 11.4 Å². The van der Waals surface area contributed by atoms with Gasteiger partial charge in [-0.3, -0.25) is 4.79 Å². The Hall–Kier alpha value is -1.66. The van der Waals surface area contributed by atoms with Crippen molar-refractivity contribution in [1.29, 1.82) is 0 Å². The van der Waals surface area contributed by atoms with Gasteiger partial charge in [-0.2, -0.15) is 0 Å². The minimum Gasteiger partial charge on any atom is -0.322 e. The quantitative estimate of drug-likeness (QED) is 0.693. The molecule has 0 unspecified atom stereocenters. The lowest BCUT2D eigenvalue weighted by molar-refractivity contribution is -1.02. The van der Waals surface area contributed by atoms with Crippen molar-refractivity contribution in [2.75, 3.05) is 38.0 Å². The highest BCUT2D eigenvalue weighted by molar-refractivity contribution is 6.30. The number of piperazine rings is 1. The summed E-state index contributed by atoms with van der Waals surface area (Å²) in [5.74, 6) is -0.698. The Morgan fingerprint density at radius 3 is 2.38 bits per heavy atom. The Morgan fingerprint density at radius 2 is 1.69 bits per heavy atom. The van der Waals surface area contributed by atoms with Gasteiger partial charge in [0.1, 0.15) is 38.5 Å². The van der Waals surface area contributed by atoms with Crippen LogP contribution in [-0.4, -0.2) is 38.6 Å². The van der Waals surface area contributed by atoms with E-state index in [0.29, 0.717) is 11.6 Å². The molecule has 0 bridgehead atoms. The predicted molar refractivity (Wildman–Crippen MR) is 101 cm³/mol. The second-order valence-electron chi connectivity index (χ2n) is 6.66. The second-order valence-corrected chi connectivity index (χ2v) is 7.53. The van der Waals surface area contributed by atoms with Crippen LogP contribution in [0.1, 0.15) is 5.56 Å². The summed E-state index contributed by atoms with van der Waals surface area (Å²) in [6, 6.07) is 12.2. The Balaban J connectivity index is 1.45. The fraction of sp³-hybridized carbons (Fsp3) is 0.316. The van der Waals surface area contributed by atoms with Crippen molar-refractivity contribution in [2.45, 2.75) is 6.54 Å². The average molecular weight is 398 g/mol. The van der Waals surface area contributed by atoms with E-state index in [4.69, 9.17) is 23.2 Å². The van der Waals surface area contributed by atoms with E-state index in [1.165, 1.54) is 27.5 Å². The zero-order valence-corrected chi connectivity index (χ0v) is 15.8. The van der Waals surface area contributed by atoms with E-state index in [1.54, 1.807) is 6.07 Å². The molecule has 2 aromatic carbocycles. The third-order valence-electron chi connectivity index (χ3n) is 4.62. The van der Waals surface area contributed by atoms with Crippen molar-refractivity contribution in [3.63, 3.8) is 0 Å². The molecule has 1 aliphatic heterocycles. The van der Waals surface area contributed by atoms with Crippen LogP contribution in [0.5, 0.6) is 0 Å². The van der Waals surface area contributed by atoms with Crippen molar-refractivity contribution in [2.24, 2.45) is 0 Å². The maximum Gasteiger partial charge on any atom is 0.279 e. The standard InChI is InChI=1S/C19H20Cl2FN3O/c20-15-3-1-2-14(10-15)12-24-6-8-25(9-7-24)13-19(26)23-18-5-4-16(21)11-17(18)22/h1-5,10-11H,6-9,12-13H2,(H,23,26)/p+2. The van der Waals surface area contributed by atoms with E-state index >= 15 is 0 Å². The van der Waals surface area contributed by atoms with E-state index in [-0.39, 0.29) is 11.6 Å². The number of hydrogen-bond donors (Lipinski definition) is 3. The minimum atomic E-state index is -0.517. The molecule has 2 aromatic rings. The highest BCUT2D eigenvalue weighted by Gasteiger charge is 2.25. The average Bonchev–Trinajstić information content (AvgIpc) is 2.59. The van der Waals surface area contributed by atoms with Crippen LogP contribution in [0, 0.1) is 5.82 Å². The van der Waals surface area contributed by atoms with Gasteiger partial charge in [-0.15, -0.1) is 0 Å². The summed E-state index contributed by atoms with van der Waals surface area (Å²) >= 11 is 11.8. The Morgan fingerprint density at radius 1 is 1.00 bits per heavy atom. The monoisotopic (exact) mass is 397 g/mol. The molecule has 7 heteroatoms. The van der Waals surface area contributed by atoms with Gasteiger partial charge in [0, 0.05) is 15.6 Å². The van der Waals surface area contributed by atoms with Crippen molar-refractivity contribution in [3.8, 4) is 0 Å². The molecule has 1 saturated heterocycles. The summed E-state index contributed by atoms with van der Waals surface area (Å²) < 4.78 is 13.8. The molecule has 4 nitrogen and oxygen atoms in total. The maximum absolute atomic E-state index is 13.8. The Kier molecular flexibility index (Phi) is 6.48. The van der Waals surface area contributed by atoms with Crippen molar-refractivity contribution >= 4 is 34.8 Å². The number of halogens is 3. The lowest BCUT2D eigenvalue weighted by Gasteiger charge is -2.29. The zero-order valence-electron chi connectivity index (χ0n) is 14.3. The number of carbonyl (C=O) groups excluding carboxylic acids is 1. The van der Waals surface area contributed by atoms with Crippen LogP contribution in [0.25, 0.3) is 0 Å². The van der Waals surface area contributed by atoms with Crippen molar-refractivity contribution in [3.05, 3.63) is 63.9 Å². The molecule has 138 valence electrons. The topological polar surface area (TPSA) is 38.0 Å². The predicted octanol–water partition coefficient (Wildman–Crippen LogP) is 1.05. The molecule has 0 radical (unpaired) electrons. The molecule has 3 rings (SSSR count). The summed E-state index contributed by atoms with van der Waals surface area (Å²) in [7, 11) is 0. The highest BCUT2D eigenvalue weighted by Crippen LogP contribution is 2.18. The van der Waals surface area contributed by atoms with E-state index in [0.717, 1.165) is 37.7 Å². The smallest absolute Gasteiger partial charge is 0.279 e. The van der Waals surface area contributed by atoms with Crippen LogP contribution in [0.4, 0.5) is 10.1 Å². The van der Waals surface area contributed by atoms with Gasteiger partial charge in [0.25, 0.3) is 5.91 Å². The molecule has 1 heterocycles. The first-order chi connectivity index (χ1) is 12.5. The van der Waals surface area contributed by atoms with Crippen LogP contribution < -0.4 is 15.1 Å². The largest absolute Gasteiger partial charge is 0.322 e. The minimum absolute atomic E-state index is 0.170. The maximum atomic E-state index is 13.8. The van der Waals surface area contributed by atoms with E-state index < -0.39 is 5.82 Å². The van der Waals surface area contributed by atoms with E-state index in [1.807, 2.05) is 18.2 Å². The fourth-order valence-corrected chi connectivity index (χ4v) is 3.63. The summed E-state index contributed by atoms with van der Waals surface area (Å²) in [5.41, 5.74) is 1.40. The van der Waals surface area contributed by atoms with Crippen LogP contribution in [0.3, 0.4) is 0 Å². The Bertz CT molecular complexity index is 779. The zero-order chi connectivity index (χ0) is 18.5. The van der Waals surface area contributed by atoms with Gasteiger partial charge < -0.3 is 15.1 Å². The van der Waals surface area contributed by atoms with Gasteiger partial charge in [-0.25, -0.2) is 4.39 Å². The molecule has 0 saturated carbocycles. The first kappa shape index (κ1) is 19.1. The first-order valence-electron chi connectivity index (χ1n) is 8.66. The number of carbonyl (C=O) groups is 1. The number of quaternary nitrogens is 2. The van der Waals surface area contributed by atoms with Gasteiger partial charge in [-0.1, -0.05) is 35.3 Å². The van der Waals surface area contributed by atoms with Gasteiger partial charge >= 0.3 is 0 Å².